The number of fused-ring (bicyclic) bond motifs is 1. The lowest BCUT2D eigenvalue weighted by Crippen LogP contribution is -2.39. The predicted molar refractivity (Wildman–Crippen MR) is 130 cm³/mol. The first kappa shape index (κ1) is 23.3. The molecule has 0 aliphatic carbocycles. The van der Waals surface area contributed by atoms with E-state index in [4.69, 9.17) is 16.3 Å². The highest BCUT2D eigenvalue weighted by Gasteiger charge is 2.27. The van der Waals surface area contributed by atoms with E-state index in [0.29, 0.717) is 24.5 Å². The molecule has 0 saturated heterocycles. The highest BCUT2D eigenvalue weighted by atomic mass is 16.5. The average molecular weight is 463 g/mol. The van der Waals surface area contributed by atoms with E-state index in [1.165, 1.54) is 16.8 Å². The predicted octanol–water partition coefficient (Wildman–Crippen LogP) is 1.20. The molecule has 9 heteroatoms. The van der Waals surface area contributed by atoms with Crippen LogP contribution in [0, 0.1) is 0 Å². The molecule has 2 aromatic rings. The molecular formula is C25H30N6O3. The van der Waals surface area contributed by atoms with Crippen LogP contribution in [0.5, 0.6) is 5.75 Å². The largest absolute Gasteiger partial charge is 0.492 e. The normalized spacial score (nSPS) is 15.0. The lowest BCUT2D eigenvalue weighted by molar-refractivity contribution is -0.118. The first-order chi connectivity index (χ1) is 16.5. The number of rotatable bonds is 10. The summed E-state index contributed by atoms with van der Waals surface area (Å²) in [7, 11) is 0. The number of amides is 2. The van der Waals surface area contributed by atoms with Gasteiger partial charge in [0.25, 0.3) is 11.8 Å². The van der Waals surface area contributed by atoms with Gasteiger partial charge in [0, 0.05) is 19.2 Å². The lowest BCUT2D eigenvalue weighted by Gasteiger charge is -2.18. The Morgan fingerprint density at radius 1 is 1.24 bits per heavy atom. The SMILES string of the molecule is CCc1ccc(C(NC(=O)/C(N)=C/N(N)CCNC(=O)c2cccc3c2OCC3)C2=NC2)cc1. The Morgan fingerprint density at radius 2 is 2.00 bits per heavy atom. The molecule has 2 heterocycles. The number of aryl methyl sites for hydroxylation is 1. The van der Waals surface area contributed by atoms with Crippen LogP contribution < -0.4 is 26.9 Å². The molecule has 0 saturated carbocycles. The van der Waals surface area contributed by atoms with Crippen LogP contribution in [0.4, 0.5) is 0 Å². The van der Waals surface area contributed by atoms with Gasteiger partial charge in [-0.2, -0.15) is 0 Å². The topological polar surface area (TPSA) is 135 Å². The summed E-state index contributed by atoms with van der Waals surface area (Å²) in [5.74, 6) is 5.95. The molecule has 9 nitrogen and oxygen atoms in total. The van der Waals surface area contributed by atoms with Gasteiger partial charge in [-0.25, -0.2) is 5.84 Å². The Balaban J connectivity index is 1.29. The fraction of sp³-hybridized carbons (Fsp3) is 0.320. The number of nitrogens with two attached hydrogens (primary N) is 2. The van der Waals surface area contributed by atoms with Crippen molar-refractivity contribution < 1.29 is 14.3 Å². The van der Waals surface area contributed by atoms with E-state index < -0.39 is 5.91 Å². The van der Waals surface area contributed by atoms with Gasteiger partial charge in [0.05, 0.1) is 37.0 Å². The van der Waals surface area contributed by atoms with Gasteiger partial charge >= 0.3 is 0 Å². The van der Waals surface area contributed by atoms with Gasteiger partial charge in [-0.05, 0) is 29.2 Å². The molecular weight excluding hydrogens is 432 g/mol. The van der Waals surface area contributed by atoms with Gasteiger partial charge in [0.15, 0.2) is 0 Å². The second kappa shape index (κ2) is 10.4. The summed E-state index contributed by atoms with van der Waals surface area (Å²) in [4.78, 5) is 29.4. The molecule has 34 heavy (non-hydrogen) atoms. The van der Waals surface area contributed by atoms with Crippen LogP contribution >= 0.6 is 0 Å². The van der Waals surface area contributed by atoms with Crippen molar-refractivity contribution in [1.29, 1.82) is 0 Å². The van der Waals surface area contributed by atoms with Crippen molar-refractivity contribution in [2.24, 2.45) is 16.6 Å². The zero-order valence-corrected chi connectivity index (χ0v) is 19.2. The second-order valence-electron chi connectivity index (χ2n) is 8.28. The average Bonchev–Trinajstić information content (AvgIpc) is 3.57. The van der Waals surface area contributed by atoms with E-state index in [0.717, 1.165) is 29.7 Å². The van der Waals surface area contributed by atoms with Gasteiger partial charge in [-0.1, -0.05) is 43.3 Å². The number of aliphatic imine (C=N–C) groups is 1. The fourth-order valence-corrected chi connectivity index (χ4v) is 3.84. The third kappa shape index (κ3) is 5.55. The molecule has 2 amide bonds. The smallest absolute Gasteiger partial charge is 0.269 e. The van der Waals surface area contributed by atoms with Gasteiger partial charge in [-0.3, -0.25) is 14.6 Å². The summed E-state index contributed by atoms with van der Waals surface area (Å²) in [5.41, 5.74) is 10.6. The Hall–Kier alpha value is -3.85. The van der Waals surface area contributed by atoms with Gasteiger partial charge in [0.2, 0.25) is 0 Å². The molecule has 2 aliphatic rings. The number of benzene rings is 2. The van der Waals surface area contributed by atoms with E-state index in [9.17, 15) is 9.59 Å². The van der Waals surface area contributed by atoms with Gasteiger partial charge in [-0.15, -0.1) is 0 Å². The van der Waals surface area contributed by atoms with Crippen LogP contribution in [0.1, 0.15) is 40.0 Å². The van der Waals surface area contributed by atoms with Crippen LogP contribution in [0.25, 0.3) is 0 Å². The highest BCUT2D eigenvalue weighted by molar-refractivity contribution is 6.05. The molecule has 6 N–H and O–H groups in total. The molecule has 0 fully saturated rings. The maximum absolute atomic E-state index is 12.7. The van der Waals surface area contributed by atoms with E-state index >= 15 is 0 Å². The number of carbonyl (C=O) groups excluding carboxylic acids is 2. The highest BCUT2D eigenvalue weighted by Crippen LogP contribution is 2.29. The van der Waals surface area contributed by atoms with Crippen LogP contribution in [0.2, 0.25) is 0 Å². The molecule has 4 rings (SSSR count). The molecule has 2 aliphatic heterocycles. The van der Waals surface area contributed by atoms with Crippen LogP contribution in [-0.4, -0.2) is 48.8 Å². The molecule has 0 radical (unpaired) electrons. The number of nitrogens with one attached hydrogen (secondary N) is 2. The summed E-state index contributed by atoms with van der Waals surface area (Å²) in [6, 6.07) is 13.3. The number of carbonyl (C=O) groups is 2. The van der Waals surface area contributed by atoms with Crippen molar-refractivity contribution >= 4 is 17.5 Å². The van der Waals surface area contributed by atoms with Crippen molar-refractivity contribution in [2.75, 3.05) is 26.2 Å². The van der Waals surface area contributed by atoms with E-state index in [1.807, 2.05) is 36.4 Å². The van der Waals surface area contributed by atoms with E-state index in [-0.39, 0.29) is 30.7 Å². The van der Waals surface area contributed by atoms with Crippen molar-refractivity contribution in [3.8, 4) is 5.75 Å². The van der Waals surface area contributed by atoms with Crippen molar-refractivity contribution in [1.82, 2.24) is 15.6 Å². The zero-order chi connectivity index (χ0) is 24.1. The minimum Gasteiger partial charge on any atom is -0.492 e. The number of para-hydroxylation sites is 1. The zero-order valence-electron chi connectivity index (χ0n) is 19.2. The minimum absolute atomic E-state index is 0.0282. The Bertz CT molecular complexity index is 1130. The molecule has 0 bridgehead atoms. The van der Waals surface area contributed by atoms with Crippen molar-refractivity contribution in [2.45, 2.75) is 25.8 Å². The maximum atomic E-state index is 12.7. The first-order valence-electron chi connectivity index (χ1n) is 11.4. The van der Waals surface area contributed by atoms with E-state index in [1.54, 1.807) is 6.07 Å². The number of hydrazine groups is 1. The van der Waals surface area contributed by atoms with Crippen molar-refractivity contribution in [3.63, 3.8) is 0 Å². The summed E-state index contributed by atoms with van der Waals surface area (Å²) in [5, 5.41) is 7.03. The molecule has 0 spiro atoms. The number of ether oxygens (including phenoxy) is 1. The van der Waals surface area contributed by atoms with Crippen LogP contribution in [0.3, 0.4) is 0 Å². The van der Waals surface area contributed by atoms with Crippen LogP contribution in [-0.2, 0) is 17.6 Å². The van der Waals surface area contributed by atoms with Gasteiger partial charge in [0.1, 0.15) is 11.4 Å². The summed E-state index contributed by atoms with van der Waals surface area (Å²) in [6.45, 7) is 3.84. The number of hydrogen-bond acceptors (Lipinski definition) is 7. The molecule has 1 unspecified atom stereocenters. The lowest BCUT2D eigenvalue weighted by atomic mass is 10.0. The quantitative estimate of drug-likeness (QED) is 0.238. The van der Waals surface area contributed by atoms with Crippen molar-refractivity contribution in [3.05, 3.63) is 76.6 Å². The number of nitrogens with zero attached hydrogens (tertiary/aromatic N) is 2. The number of hydrogen-bond donors (Lipinski definition) is 4. The molecule has 0 aromatic heterocycles. The molecule has 178 valence electrons. The molecule has 2 aromatic carbocycles. The molecule has 1 atom stereocenters. The second-order valence-corrected chi connectivity index (χ2v) is 8.28. The minimum atomic E-state index is -0.435. The Morgan fingerprint density at radius 3 is 2.71 bits per heavy atom. The summed E-state index contributed by atoms with van der Waals surface area (Å²) < 4.78 is 5.58. The standard InChI is InChI=1S/C25H30N6O3/c1-2-16-6-8-17(9-7-16)22(21-14-29-21)30-25(33)20(26)15-31(27)12-11-28-24(32)19-5-3-4-18-10-13-34-23(18)19/h3-9,15,22H,2,10-14,26-27H2,1H3,(H,28,32)(H,30,33)/b20-15-. The third-order valence-corrected chi connectivity index (χ3v) is 5.85. The Kier molecular flexibility index (Phi) is 7.12. The van der Waals surface area contributed by atoms with Crippen LogP contribution in [0.15, 0.2) is 59.4 Å². The van der Waals surface area contributed by atoms with E-state index in [2.05, 4.69) is 22.5 Å². The summed E-state index contributed by atoms with van der Waals surface area (Å²) >= 11 is 0. The third-order valence-electron chi connectivity index (χ3n) is 5.85. The van der Waals surface area contributed by atoms with Gasteiger partial charge < -0.3 is 26.1 Å². The summed E-state index contributed by atoms with van der Waals surface area (Å²) in [6.07, 6.45) is 3.11. The maximum Gasteiger partial charge on any atom is 0.269 e. The first-order valence-corrected chi connectivity index (χ1v) is 11.4. The Labute approximate surface area is 198 Å². The fourth-order valence-electron chi connectivity index (χ4n) is 3.84. The monoisotopic (exact) mass is 462 g/mol.